The van der Waals surface area contributed by atoms with E-state index < -0.39 is 10.8 Å². The Bertz CT molecular complexity index is 1100. The SMILES string of the molecule is CCOC(=O)C(C)/C(CBr)=N\NC1=Nc2ccc([N+](=O)[O-])cc2C(c2ccccc2)=NC1. The number of nitrogens with zero attached hydrogens (tertiary/aromatic N) is 4. The van der Waals surface area contributed by atoms with Crippen molar-refractivity contribution in [3.63, 3.8) is 0 Å². The van der Waals surface area contributed by atoms with Gasteiger partial charge in [0.15, 0.2) is 0 Å². The van der Waals surface area contributed by atoms with Crippen molar-refractivity contribution in [3.8, 4) is 0 Å². The number of halogens is 1. The summed E-state index contributed by atoms with van der Waals surface area (Å²) >= 11 is 3.35. The summed E-state index contributed by atoms with van der Waals surface area (Å²) in [6, 6.07) is 13.9. The van der Waals surface area contributed by atoms with E-state index in [0.717, 1.165) is 5.56 Å². The molecule has 0 radical (unpaired) electrons. The largest absolute Gasteiger partial charge is 0.465 e. The molecule has 0 spiro atoms. The Hall–Kier alpha value is -3.40. The van der Waals surface area contributed by atoms with Crippen LogP contribution < -0.4 is 5.43 Å². The lowest BCUT2D eigenvalue weighted by Gasteiger charge is -2.12. The number of non-ortho nitro benzene ring substituents is 1. The molecular weight excluding hydrogens is 478 g/mol. The molecule has 0 fully saturated rings. The quantitative estimate of drug-likeness (QED) is 0.203. The highest BCUT2D eigenvalue weighted by Gasteiger charge is 2.22. The maximum Gasteiger partial charge on any atom is 0.314 e. The Morgan fingerprint density at radius 1 is 1.31 bits per heavy atom. The number of nitro benzene ring substituents is 1. The van der Waals surface area contributed by atoms with Crippen molar-refractivity contribution < 1.29 is 14.5 Å². The van der Waals surface area contributed by atoms with E-state index in [1.165, 1.54) is 12.1 Å². The molecule has 1 heterocycles. The number of aliphatic imine (C=N–C) groups is 2. The summed E-state index contributed by atoms with van der Waals surface area (Å²) in [5.74, 6) is -0.454. The van der Waals surface area contributed by atoms with Gasteiger partial charge in [-0.15, -0.1) is 0 Å². The van der Waals surface area contributed by atoms with E-state index in [-0.39, 0.29) is 18.2 Å². The second kappa shape index (κ2) is 10.8. The average molecular weight is 500 g/mol. The smallest absolute Gasteiger partial charge is 0.314 e. The number of hydrazone groups is 1. The molecule has 0 bridgehead atoms. The van der Waals surface area contributed by atoms with Gasteiger partial charge in [0, 0.05) is 28.6 Å². The van der Waals surface area contributed by atoms with E-state index in [9.17, 15) is 14.9 Å². The number of fused-ring (bicyclic) bond motifs is 1. The van der Waals surface area contributed by atoms with Crippen molar-refractivity contribution in [1.82, 2.24) is 5.43 Å². The third kappa shape index (κ3) is 5.44. The van der Waals surface area contributed by atoms with Gasteiger partial charge >= 0.3 is 5.97 Å². The zero-order valence-electron chi connectivity index (χ0n) is 17.6. The van der Waals surface area contributed by atoms with E-state index in [2.05, 4.69) is 36.4 Å². The van der Waals surface area contributed by atoms with Crippen LogP contribution in [0.15, 0.2) is 63.6 Å². The first-order valence-corrected chi connectivity index (χ1v) is 11.1. The Labute approximate surface area is 193 Å². The lowest BCUT2D eigenvalue weighted by Crippen LogP contribution is -2.29. The van der Waals surface area contributed by atoms with Crippen LogP contribution in [0.3, 0.4) is 0 Å². The number of alkyl halides is 1. The zero-order valence-corrected chi connectivity index (χ0v) is 19.2. The molecule has 1 aliphatic rings. The molecule has 3 rings (SSSR count). The minimum absolute atomic E-state index is 0.0400. The van der Waals surface area contributed by atoms with E-state index in [1.54, 1.807) is 19.9 Å². The number of ether oxygens (including phenoxy) is 1. The summed E-state index contributed by atoms with van der Waals surface area (Å²) in [6.45, 7) is 3.94. The molecule has 0 saturated carbocycles. The predicted octanol–water partition coefficient (Wildman–Crippen LogP) is 4.02. The highest BCUT2D eigenvalue weighted by atomic mass is 79.9. The van der Waals surface area contributed by atoms with Gasteiger partial charge in [0.25, 0.3) is 5.69 Å². The highest BCUT2D eigenvalue weighted by Crippen LogP contribution is 2.29. The number of amidine groups is 1. The molecule has 1 aliphatic heterocycles. The van der Waals surface area contributed by atoms with Crippen LogP contribution in [0.25, 0.3) is 0 Å². The standard InChI is InChI=1S/C22H22BrN5O4/c1-3-32-22(29)14(2)19(12-23)26-27-20-13-24-21(15-7-5-4-6-8-15)17-11-16(28(30)31)9-10-18(17)25-20/h4-11,14H,3,12-13H2,1-2H3,(H,25,27)/b26-19-. The molecule has 0 saturated heterocycles. The number of rotatable bonds is 7. The van der Waals surface area contributed by atoms with Crippen molar-refractivity contribution >= 4 is 50.5 Å². The molecule has 2 aromatic rings. The Balaban J connectivity index is 1.97. The number of hydrogen-bond acceptors (Lipinski definition) is 8. The van der Waals surface area contributed by atoms with Gasteiger partial charge in [0.2, 0.25) is 0 Å². The maximum absolute atomic E-state index is 12.0. The molecule has 0 aliphatic carbocycles. The third-order valence-corrected chi connectivity index (χ3v) is 5.32. The fourth-order valence-electron chi connectivity index (χ4n) is 3.03. The fraction of sp³-hybridized carbons (Fsp3) is 0.273. The molecule has 2 aromatic carbocycles. The van der Waals surface area contributed by atoms with Gasteiger partial charge in [0.1, 0.15) is 5.84 Å². The van der Waals surface area contributed by atoms with Gasteiger partial charge in [0.05, 0.1) is 41.1 Å². The van der Waals surface area contributed by atoms with Gasteiger partial charge in [-0.1, -0.05) is 46.3 Å². The molecule has 166 valence electrons. The van der Waals surface area contributed by atoms with Gasteiger partial charge in [-0.3, -0.25) is 25.3 Å². The molecule has 0 aromatic heterocycles. The topological polar surface area (TPSA) is 119 Å². The first-order valence-electron chi connectivity index (χ1n) is 9.95. The maximum atomic E-state index is 12.0. The molecule has 1 N–H and O–H groups in total. The number of nitro groups is 1. The van der Waals surface area contributed by atoms with Gasteiger partial charge in [-0.25, -0.2) is 4.99 Å². The van der Waals surface area contributed by atoms with Crippen LogP contribution in [0.4, 0.5) is 11.4 Å². The minimum Gasteiger partial charge on any atom is -0.465 e. The zero-order chi connectivity index (χ0) is 23.1. The van der Waals surface area contributed by atoms with Crippen LogP contribution in [-0.2, 0) is 9.53 Å². The Morgan fingerprint density at radius 2 is 2.06 bits per heavy atom. The summed E-state index contributed by atoms with van der Waals surface area (Å²) in [4.78, 5) is 32.2. The van der Waals surface area contributed by atoms with Crippen molar-refractivity contribution in [3.05, 3.63) is 69.8 Å². The first-order chi connectivity index (χ1) is 15.4. The fourth-order valence-corrected chi connectivity index (χ4v) is 3.64. The number of benzene rings is 2. The van der Waals surface area contributed by atoms with Gasteiger partial charge in [-0.05, 0) is 19.9 Å². The van der Waals surface area contributed by atoms with Crippen LogP contribution in [-0.4, -0.2) is 46.6 Å². The summed E-state index contributed by atoms with van der Waals surface area (Å²) in [6.07, 6.45) is 0. The van der Waals surface area contributed by atoms with Crippen LogP contribution in [0.2, 0.25) is 0 Å². The summed E-state index contributed by atoms with van der Waals surface area (Å²) < 4.78 is 5.06. The number of esters is 1. The van der Waals surface area contributed by atoms with Crippen molar-refractivity contribution in [1.29, 1.82) is 0 Å². The normalized spacial score (nSPS) is 14.4. The molecule has 32 heavy (non-hydrogen) atoms. The van der Waals surface area contributed by atoms with Crippen LogP contribution >= 0.6 is 15.9 Å². The second-order valence-corrected chi connectivity index (χ2v) is 7.43. The molecule has 1 atom stereocenters. The number of carbonyl (C=O) groups is 1. The first kappa shape index (κ1) is 23.3. The second-order valence-electron chi connectivity index (χ2n) is 6.87. The van der Waals surface area contributed by atoms with E-state index >= 15 is 0 Å². The highest BCUT2D eigenvalue weighted by molar-refractivity contribution is 9.09. The van der Waals surface area contributed by atoms with Crippen molar-refractivity contribution in [2.24, 2.45) is 21.0 Å². The van der Waals surface area contributed by atoms with Crippen LogP contribution in [0.5, 0.6) is 0 Å². The van der Waals surface area contributed by atoms with E-state index in [4.69, 9.17) is 4.74 Å². The minimum atomic E-state index is -0.536. The van der Waals surface area contributed by atoms with Crippen molar-refractivity contribution in [2.45, 2.75) is 13.8 Å². The Morgan fingerprint density at radius 3 is 2.72 bits per heavy atom. The number of carbonyl (C=O) groups excluding carboxylic acids is 1. The Kier molecular flexibility index (Phi) is 7.82. The van der Waals surface area contributed by atoms with Crippen molar-refractivity contribution in [2.75, 3.05) is 18.5 Å². The van der Waals surface area contributed by atoms with E-state index in [0.29, 0.717) is 40.4 Å². The lowest BCUT2D eigenvalue weighted by molar-refractivity contribution is -0.384. The monoisotopic (exact) mass is 499 g/mol. The molecule has 9 nitrogen and oxygen atoms in total. The molecule has 10 heteroatoms. The molecule has 1 unspecified atom stereocenters. The number of hydrogen-bond donors (Lipinski definition) is 1. The van der Waals surface area contributed by atoms with Crippen LogP contribution in [0.1, 0.15) is 25.0 Å². The summed E-state index contributed by atoms with van der Waals surface area (Å²) in [5.41, 5.74) is 5.94. The van der Waals surface area contributed by atoms with Gasteiger partial charge in [-0.2, -0.15) is 5.10 Å². The predicted molar refractivity (Wildman–Crippen MR) is 127 cm³/mol. The summed E-state index contributed by atoms with van der Waals surface area (Å²) in [5, 5.41) is 16.0. The number of nitrogens with one attached hydrogen (secondary N) is 1. The molecular formula is C22H22BrN5O4. The third-order valence-electron chi connectivity index (χ3n) is 4.74. The summed E-state index contributed by atoms with van der Waals surface area (Å²) in [7, 11) is 0. The lowest BCUT2D eigenvalue weighted by atomic mass is 10.00. The van der Waals surface area contributed by atoms with Gasteiger partial charge < -0.3 is 4.74 Å². The average Bonchev–Trinajstić information content (AvgIpc) is 2.98. The van der Waals surface area contributed by atoms with E-state index in [1.807, 2.05) is 30.3 Å². The molecule has 0 amide bonds. The van der Waals surface area contributed by atoms with Crippen LogP contribution in [0, 0.1) is 16.0 Å².